The molecule has 12 aromatic carbocycles. The summed E-state index contributed by atoms with van der Waals surface area (Å²) in [5.74, 6) is 3.43. The molecule has 0 aliphatic heterocycles. The summed E-state index contributed by atoms with van der Waals surface area (Å²) in [6, 6.07) is 120. The van der Waals surface area contributed by atoms with Crippen molar-refractivity contribution < 1.29 is 0 Å². The molecule has 0 atom stereocenters. The van der Waals surface area contributed by atoms with Gasteiger partial charge in [-0.05, 0) is 116 Å². The van der Waals surface area contributed by atoms with E-state index in [1.807, 2.05) is 0 Å². The van der Waals surface area contributed by atoms with Crippen molar-refractivity contribution in [2.45, 2.75) is 0 Å². The van der Waals surface area contributed by atoms with Gasteiger partial charge in [-0.3, -0.25) is 18.3 Å². The second kappa shape index (κ2) is 20.2. The molecule has 18 aromatic rings. The standard InChI is InChI=1S/C82H54N6Si/c1-3-23-59(24-4-1)89(60-25-5-2-6-26-60,61-47-43-55(44-48-61)57-51-79(85-71-35-15-7-27-63(71)64-28-8-16-36-72(64)85)83-80(52-57)86-73-37-17-9-29-65(73)66-30-10-18-38-74(66)86)62-49-45-56(46-50-62)58-53-81(87-75-39-19-11-31-67(75)68-32-12-20-40-76(68)87)84-82(54-58)88-77-41-21-13-33-69(77)70-34-14-22-42-78(70)88/h1-54H. The van der Waals surface area contributed by atoms with Gasteiger partial charge in [-0.25, -0.2) is 9.97 Å². The summed E-state index contributed by atoms with van der Waals surface area (Å²) in [6.07, 6.45) is 0. The number of benzene rings is 12. The van der Waals surface area contributed by atoms with E-state index in [0.717, 1.165) is 89.7 Å². The molecule has 0 radical (unpaired) electrons. The molecule has 6 nitrogen and oxygen atoms in total. The average molecular weight is 1150 g/mol. The molecular formula is C82H54N6Si. The molecular weight excluding hydrogens is 1100 g/mol. The van der Waals surface area contributed by atoms with Gasteiger partial charge in [0.15, 0.2) is 8.07 Å². The van der Waals surface area contributed by atoms with Gasteiger partial charge in [-0.1, -0.05) is 255 Å². The zero-order valence-electron chi connectivity index (χ0n) is 48.4. The predicted octanol–water partition coefficient (Wildman–Crippen LogP) is 17.6. The van der Waals surface area contributed by atoms with Gasteiger partial charge in [0.2, 0.25) is 0 Å². The van der Waals surface area contributed by atoms with E-state index in [4.69, 9.17) is 9.97 Å². The van der Waals surface area contributed by atoms with E-state index in [1.165, 1.54) is 63.8 Å². The Morgan fingerprint density at radius 3 is 0.596 bits per heavy atom. The topological polar surface area (TPSA) is 45.5 Å². The summed E-state index contributed by atoms with van der Waals surface area (Å²) in [5, 5.41) is 14.8. The van der Waals surface area contributed by atoms with Crippen molar-refractivity contribution in [2.24, 2.45) is 0 Å². The van der Waals surface area contributed by atoms with Crippen LogP contribution in [-0.2, 0) is 0 Å². The number of pyridine rings is 2. The van der Waals surface area contributed by atoms with Gasteiger partial charge < -0.3 is 0 Å². The summed E-state index contributed by atoms with van der Waals surface area (Å²) in [6.45, 7) is 0. The van der Waals surface area contributed by atoms with Crippen LogP contribution in [0, 0.1) is 0 Å². The minimum Gasteiger partial charge on any atom is -0.294 e. The Morgan fingerprint density at radius 2 is 0.371 bits per heavy atom. The maximum absolute atomic E-state index is 5.66. The van der Waals surface area contributed by atoms with Gasteiger partial charge in [-0.2, -0.15) is 0 Å². The SMILES string of the molecule is c1ccc([Si](c2ccccc2)(c2ccc(-c3cc(-n4c5ccccc5c5ccccc54)nc(-n4c5ccccc5c5ccccc54)c3)cc2)c2ccc(-c3cc(-n4c5ccccc5c5ccccc54)nc(-n4c5ccccc5c5ccccc54)c3)cc2)cc1. The van der Waals surface area contributed by atoms with Crippen molar-refractivity contribution in [2.75, 3.05) is 0 Å². The first kappa shape index (κ1) is 50.7. The first-order chi connectivity index (χ1) is 44.2. The van der Waals surface area contributed by atoms with Gasteiger partial charge >= 0.3 is 0 Å². The minimum atomic E-state index is -3.05. The van der Waals surface area contributed by atoms with Crippen molar-refractivity contribution in [1.82, 2.24) is 28.2 Å². The smallest absolute Gasteiger partial charge is 0.179 e. The number of para-hydroxylation sites is 8. The fourth-order valence-electron chi connectivity index (χ4n) is 14.7. The summed E-state index contributed by atoms with van der Waals surface area (Å²) in [4.78, 5) is 11.3. The lowest BCUT2D eigenvalue weighted by Crippen LogP contribution is -2.74. The van der Waals surface area contributed by atoms with Crippen LogP contribution in [0.5, 0.6) is 0 Å². The van der Waals surface area contributed by atoms with E-state index in [1.54, 1.807) is 0 Å². The average Bonchev–Trinajstić information content (AvgIpc) is 1.53. The molecule has 0 saturated carbocycles. The monoisotopic (exact) mass is 1150 g/mol. The van der Waals surface area contributed by atoms with E-state index < -0.39 is 8.07 Å². The first-order valence-corrected chi connectivity index (χ1v) is 32.5. The molecule has 18 rings (SSSR count). The molecule has 0 fully saturated rings. The molecule has 0 unspecified atom stereocenters. The lowest BCUT2D eigenvalue weighted by Gasteiger charge is -2.34. The lowest BCUT2D eigenvalue weighted by atomic mass is 10.1. The number of hydrogen-bond donors (Lipinski definition) is 0. The van der Waals surface area contributed by atoms with Crippen LogP contribution in [0.3, 0.4) is 0 Å². The molecule has 89 heavy (non-hydrogen) atoms. The highest BCUT2D eigenvalue weighted by molar-refractivity contribution is 7.19. The molecule has 0 saturated heterocycles. The van der Waals surface area contributed by atoms with Crippen molar-refractivity contribution in [3.63, 3.8) is 0 Å². The number of nitrogens with zero attached hydrogens (tertiary/aromatic N) is 6. The van der Waals surface area contributed by atoms with E-state index >= 15 is 0 Å². The number of hydrogen-bond acceptors (Lipinski definition) is 2. The van der Waals surface area contributed by atoms with Gasteiger partial charge in [-0.15, -0.1) is 0 Å². The van der Waals surface area contributed by atoms with Crippen molar-refractivity contribution in [3.8, 4) is 45.5 Å². The van der Waals surface area contributed by atoms with Crippen LogP contribution in [0.25, 0.3) is 133 Å². The fraction of sp³-hybridized carbons (Fsp3) is 0. The molecule has 0 aliphatic rings. The molecule has 416 valence electrons. The van der Waals surface area contributed by atoms with Gasteiger partial charge in [0, 0.05) is 43.1 Å². The zero-order valence-corrected chi connectivity index (χ0v) is 49.4. The van der Waals surface area contributed by atoms with Gasteiger partial charge in [0.1, 0.15) is 23.3 Å². The summed E-state index contributed by atoms with van der Waals surface area (Å²) in [7, 11) is -3.05. The third-order valence-electron chi connectivity index (χ3n) is 18.5. The van der Waals surface area contributed by atoms with Crippen LogP contribution in [0.1, 0.15) is 0 Å². The lowest BCUT2D eigenvalue weighted by molar-refractivity contribution is 1.01. The van der Waals surface area contributed by atoms with Crippen molar-refractivity contribution >= 4 is 116 Å². The Hall–Kier alpha value is -11.6. The number of aromatic nitrogens is 6. The van der Waals surface area contributed by atoms with Crippen LogP contribution < -0.4 is 20.7 Å². The van der Waals surface area contributed by atoms with Crippen LogP contribution in [0.4, 0.5) is 0 Å². The minimum absolute atomic E-state index is 0.858. The maximum Gasteiger partial charge on any atom is 0.179 e. The van der Waals surface area contributed by atoms with Gasteiger partial charge in [0.25, 0.3) is 0 Å². The first-order valence-electron chi connectivity index (χ1n) is 30.5. The fourth-order valence-corrected chi connectivity index (χ4v) is 19.4. The largest absolute Gasteiger partial charge is 0.294 e. The molecule has 0 amide bonds. The second-order valence-corrected chi connectivity index (χ2v) is 27.1. The molecule has 6 aromatic heterocycles. The molecule has 0 spiro atoms. The van der Waals surface area contributed by atoms with Crippen LogP contribution in [0.2, 0.25) is 0 Å². The highest BCUT2D eigenvalue weighted by Gasteiger charge is 2.41. The third kappa shape index (κ3) is 7.82. The molecule has 6 heterocycles. The molecule has 7 heteroatoms. The molecule has 0 bridgehead atoms. The Bertz CT molecular complexity index is 4960. The Kier molecular flexibility index (Phi) is 11.5. The Morgan fingerprint density at radius 1 is 0.180 bits per heavy atom. The predicted molar refractivity (Wildman–Crippen MR) is 374 cm³/mol. The quantitative estimate of drug-likeness (QED) is 0.101. The number of rotatable bonds is 10. The van der Waals surface area contributed by atoms with Crippen LogP contribution in [-0.4, -0.2) is 36.3 Å². The molecule has 0 aliphatic carbocycles. The summed E-state index contributed by atoms with van der Waals surface area (Å²) >= 11 is 0. The van der Waals surface area contributed by atoms with Crippen LogP contribution in [0.15, 0.2) is 328 Å². The van der Waals surface area contributed by atoms with E-state index in [-0.39, 0.29) is 0 Å². The third-order valence-corrected chi connectivity index (χ3v) is 23.3. The number of fused-ring (bicyclic) bond motifs is 12. The van der Waals surface area contributed by atoms with Crippen molar-refractivity contribution in [1.29, 1.82) is 0 Å². The van der Waals surface area contributed by atoms with Crippen molar-refractivity contribution in [3.05, 3.63) is 328 Å². The Balaban J connectivity index is 0.825. The normalized spacial score (nSPS) is 12.0. The Labute approximate surface area is 514 Å². The molecule has 0 N–H and O–H groups in total. The van der Waals surface area contributed by atoms with E-state index in [9.17, 15) is 0 Å². The zero-order chi connectivity index (χ0) is 58.6. The van der Waals surface area contributed by atoms with Crippen LogP contribution >= 0.6 is 0 Å². The highest BCUT2D eigenvalue weighted by atomic mass is 28.3. The summed E-state index contributed by atoms with van der Waals surface area (Å²) in [5.41, 5.74) is 13.3. The maximum atomic E-state index is 5.66. The van der Waals surface area contributed by atoms with E-state index in [2.05, 4.69) is 346 Å². The van der Waals surface area contributed by atoms with E-state index in [0.29, 0.717) is 0 Å². The summed E-state index contributed by atoms with van der Waals surface area (Å²) < 4.78 is 9.37. The second-order valence-electron chi connectivity index (χ2n) is 23.3. The highest BCUT2D eigenvalue weighted by Crippen LogP contribution is 2.39. The van der Waals surface area contributed by atoms with Gasteiger partial charge in [0.05, 0.1) is 44.1 Å².